The fourth-order valence-corrected chi connectivity index (χ4v) is 2.96. The molecule has 1 saturated heterocycles. The third kappa shape index (κ3) is 3.48. The Labute approximate surface area is 140 Å². The molecule has 23 heavy (non-hydrogen) atoms. The van der Waals surface area contributed by atoms with Gasteiger partial charge in [-0.15, -0.1) is 0 Å². The molecular formula is C19H27BO3. The van der Waals surface area contributed by atoms with Crippen LogP contribution >= 0.6 is 0 Å². The molecule has 0 bridgehead atoms. The largest absolute Gasteiger partial charge is 0.490 e. The van der Waals surface area contributed by atoms with Gasteiger partial charge in [-0.1, -0.05) is 23.8 Å². The Balaban J connectivity index is 1.60. The summed E-state index contributed by atoms with van der Waals surface area (Å²) < 4.78 is 18.4. The van der Waals surface area contributed by atoms with Crippen molar-refractivity contribution in [3.63, 3.8) is 0 Å². The molecule has 1 aliphatic heterocycles. The van der Waals surface area contributed by atoms with Gasteiger partial charge < -0.3 is 14.0 Å². The van der Waals surface area contributed by atoms with E-state index < -0.39 is 0 Å². The van der Waals surface area contributed by atoms with Crippen LogP contribution in [0.25, 0.3) is 0 Å². The Morgan fingerprint density at radius 1 is 1.04 bits per heavy atom. The summed E-state index contributed by atoms with van der Waals surface area (Å²) in [5.41, 5.74) is 1.97. The minimum atomic E-state index is -0.270. The molecule has 4 heteroatoms. The predicted molar refractivity (Wildman–Crippen MR) is 93.6 cm³/mol. The number of allylic oxidation sites excluding steroid dienone is 1. The monoisotopic (exact) mass is 314 g/mol. The zero-order chi connectivity index (χ0) is 16.7. The van der Waals surface area contributed by atoms with Crippen LogP contribution in [0.4, 0.5) is 0 Å². The van der Waals surface area contributed by atoms with Crippen LogP contribution in [0.1, 0.15) is 52.5 Å². The van der Waals surface area contributed by atoms with E-state index in [0.29, 0.717) is 0 Å². The molecule has 0 aromatic heterocycles. The highest BCUT2D eigenvalue weighted by atomic mass is 16.7. The Kier molecular flexibility index (Phi) is 4.32. The van der Waals surface area contributed by atoms with Gasteiger partial charge in [0, 0.05) is 6.42 Å². The van der Waals surface area contributed by atoms with Gasteiger partial charge in [0.25, 0.3) is 0 Å². The zero-order valence-electron chi connectivity index (χ0n) is 14.9. The Bertz CT molecular complexity index is 573. The lowest BCUT2D eigenvalue weighted by Gasteiger charge is -2.32. The molecule has 1 atom stereocenters. The normalized spacial score (nSPS) is 26.0. The molecule has 1 aromatic carbocycles. The van der Waals surface area contributed by atoms with Crippen molar-refractivity contribution in [3.05, 3.63) is 41.4 Å². The van der Waals surface area contributed by atoms with Gasteiger partial charge in [0.1, 0.15) is 11.9 Å². The van der Waals surface area contributed by atoms with E-state index in [-0.39, 0.29) is 24.4 Å². The van der Waals surface area contributed by atoms with E-state index in [1.54, 1.807) is 0 Å². The quantitative estimate of drug-likeness (QED) is 0.770. The number of benzene rings is 1. The molecule has 3 nitrogen and oxygen atoms in total. The molecule has 1 heterocycles. The van der Waals surface area contributed by atoms with Crippen molar-refractivity contribution in [2.75, 3.05) is 0 Å². The highest BCUT2D eigenvalue weighted by Gasteiger charge is 2.52. The topological polar surface area (TPSA) is 27.7 Å². The molecule has 0 spiro atoms. The summed E-state index contributed by atoms with van der Waals surface area (Å²) in [6, 6.07) is 8.26. The van der Waals surface area contributed by atoms with Crippen LogP contribution in [0.5, 0.6) is 5.75 Å². The van der Waals surface area contributed by atoms with Crippen molar-refractivity contribution in [1.82, 2.24) is 0 Å². The number of hydrogen-bond acceptors (Lipinski definition) is 3. The first kappa shape index (κ1) is 16.6. The van der Waals surface area contributed by atoms with Crippen LogP contribution in [0, 0.1) is 6.92 Å². The summed E-state index contributed by atoms with van der Waals surface area (Å²) in [6.45, 7) is 10.5. The standard InChI is InChI=1S/C19H27BO3/c1-14-6-10-16(11-7-14)21-17-12-8-15(9-13-17)20-22-18(2,3)19(4,5)23-20/h6-8,10-11,17H,9,12-13H2,1-5H3. The highest BCUT2D eigenvalue weighted by Crippen LogP contribution is 2.40. The van der Waals surface area contributed by atoms with Gasteiger partial charge in [-0.25, -0.2) is 0 Å². The predicted octanol–water partition coefficient (Wildman–Crippen LogP) is 4.48. The second-order valence-electron chi connectivity index (χ2n) is 7.69. The zero-order valence-corrected chi connectivity index (χ0v) is 14.9. The first-order chi connectivity index (χ1) is 10.8. The SMILES string of the molecule is Cc1ccc(OC2CC=C(B3OC(C)(C)C(C)(C)O3)CC2)cc1. The summed E-state index contributed by atoms with van der Waals surface area (Å²) in [7, 11) is -0.208. The summed E-state index contributed by atoms with van der Waals surface area (Å²) in [4.78, 5) is 0. The number of rotatable bonds is 3. The first-order valence-electron chi connectivity index (χ1n) is 8.55. The highest BCUT2D eigenvalue weighted by molar-refractivity contribution is 6.54. The lowest BCUT2D eigenvalue weighted by Crippen LogP contribution is -2.41. The van der Waals surface area contributed by atoms with Crippen LogP contribution in [0.3, 0.4) is 0 Å². The molecule has 0 N–H and O–H groups in total. The van der Waals surface area contributed by atoms with Gasteiger partial charge in [-0.3, -0.25) is 0 Å². The molecule has 1 fully saturated rings. The third-order valence-corrected chi connectivity index (χ3v) is 5.28. The molecule has 3 rings (SSSR count). The van der Waals surface area contributed by atoms with Crippen molar-refractivity contribution >= 4 is 7.12 Å². The minimum absolute atomic E-state index is 0.208. The van der Waals surface area contributed by atoms with E-state index in [1.165, 1.54) is 11.0 Å². The van der Waals surface area contributed by atoms with Crippen LogP contribution in [-0.4, -0.2) is 24.4 Å². The molecule has 0 radical (unpaired) electrons. The number of hydrogen-bond donors (Lipinski definition) is 0. The number of ether oxygens (including phenoxy) is 1. The Morgan fingerprint density at radius 3 is 2.17 bits per heavy atom. The maximum Gasteiger partial charge on any atom is 0.490 e. The molecule has 0 saturated carbocycles. The van der Waals surface area contributed by atoms with Crippen molar-refractivity contribution < 1.29 is 14.0 Å². The van der Waals surface area contributed by atoms with E-state index in [2.05, 4.69) is 52.8 Å². The maximum absolute atomic E-state index is 6.14. The van der Waals surface area contributed by atoms with Gasteiger partial charge >= 0.3 is 7.12 Å². The second-order valence-corrected chi connectivity index (χ2v) is 7.69. The van der Waals surface area contributed by atoms with E-state index >= 15 is 0 Å². The van der Waals surface area contributed by atoms with E-state index in [9.17, 15) is 0 Å². The van der Waals surface area contributed by atoms with Crippen molar-refractivity contribution in [2.24, 2.45) is 0 Å². The van der Waals surface area contributed by atoms with Crippen LogP contribution in [-0.2, 0) is 9.31 Å². The Hall–Kier alpha value is -1.26. The van der Waals surface area contributed by atoms with Gasteiger partial charge in [0.15, 0.2) is 0 Å². The fraction of sp³-hybridized carbons (Fsp3) is 0.579. The Morgan fingerprint density at radius 2 is 1.65 bits per heavy atom. The molecule has 0 amide bonds. The van der Waals surface area contributed by atoms with Crippen molar-refractivity contribution in [1.29, 1.82) is 0 Å². The summed E-state index contributed by atoms with van der Waals surface area (Å²) in [5.74, 6) is 0.952. The molecule has 1 aromatic rings. The summed E-state index contributed by atoms with van der Waals surface area (Å²) in [5, 5.41) is 0. The van der Waals surface area contributed by atoms with Crippen LogP contribution in [0.2, 0.25) is 0 Å². The molecular weight excluding hydrogens is 287 g/mol. The average Bonchev–Trinajstić information content (AvgIpc) is 2.71. The van der Waals surface area contributed by atoms with Gasteiger partial charge in [-0.05, 0) is 65.1 Å². The van der Waals surface area contributed by atoms with Crippen LogP contribution < -0.4 is 4.74 Å². The summed E-state index contributed by atoms with van der Waals surface area (Å²) >= 11 is 0. The smallest absolute Gasteiger partial charge is 0.490 e. The summed E-state index contributed by atoms with van der Waals surface area (Å²) in [6.07, 6.45) is 5.36. The lowest BCUT2D eigenvalue weighted by atomic mass is 9.72. The maximum atomic E-state index is 6.14. The first-order valence-corrected chi connectivity index (χ1v) is 8.55. The third-order valence-electron chi connectivity index (χ3n) is 5.28. The lowest BCUT2D eigenvalue weighted by molar-refractivity contribution is 0.00578. The molecule has 1 unspecified atom stereocenters. The second kappa shape index (κ2) is 5.99. The van der Waals surface area contributed by atoms with E-state index in [4.69, 9.17) is 14.0 Å². The molecule has 2 aliphatic rings. The number of aryl methyl sites for hydroxylation is 1. The van der Waals surface area contributed by atoms with Gasteiger partial charge in [0.2, 0.25) is 0 Å². The fourth-order valence-electron chi connectivity index (χ4n) is 2.96. The van der Waals surface area contributed by atoms with Crippen molar-refractivity contribution in [2.45, 2.75) is 71.2 Å². The van der Waals surface area contributed by atoms with Crippen LogP contribution in [0.15, 0.2) is 35.8 Å². The molecule has 124 valence electrons. The minimum Gasteiger partial charge on any atom is -0.490 e. The molecule has 1 aliphatic carbocycles. The van der Waals surface area contributed by atoms with E-state index in [0.717, 1.165) is 25.0 Å². The average molecular weight is 314 g/mol. The van der Waals surface area contributed by atoms with Gasteiger partial charge in [-0.2, -0.15) is 0 Å². The van der Waals surface area contributed by atoms with Gasteiger partial charge in [0.05, 0.1) is 11.2 Å². The van der Waals surface area contributed by atoms with Crippen molar-refractivity contribution in [3.8, 4) is 5.75 Å². The van der Waals surface area contributed by atoms with E-state index in [1.807, 2.05) is 12.1 Å².